The van der Waals surface area contributed by atoms with Gasteiger partial charge in [0.1, 0.15) is 0 Å². The fourth-order valence-corrected chi connectivity index (χ4v) is 1.26. The van der Waals surface area contributed by atoms with Crippen LogP contribution >= 0.6 is 0 Å². The van der Waals surface area contributed by atoms with Crippen molar-refractivity contribution in [2.24, 2.45) is 0 Å². The van der Waals surface area contributed by atoms with Gasteiger partial charge in [-0.1, -0.05) is 0 Å². The molecule has 0 aliphatic heterocycles. The minimum Gasteiger partial charge on any atom is -0.428 e. The van der Waals surface area contributed by atoms with E-state index in [-0.39, 0.29) is 6.79 Å². The molecule has 0 amide bonds. The quantitative estimate of drug-likeness (QED) is 0.576. The van der Waals surface area contributed by atoms with Crippen LogP contribution in [0.3, 0.4) is 0 Å². The molecule has 1 aromatic rings. The van der Waals surface area contributed by atoms with Gasteiger partial charge in [-0.15, -0.1) is 0 Å². The smallest absolute Gasteiger partial charge is 0.341 e. The van der Waals surface area contributed by atoms with Gasteiger partial charge in [0.05, 0.1) is 5.56 Å². The minimum absolute atomic E-state index is 0.356. The summed E-state index contributed by atoms with van der Waals surface area (Å²) in [7, 11) is 0. The predicted octanol–water partition coefficient (Wildman–Crippen LogP) is 1.78. The summed E-state index contributed by atoms with van der Waals surface area (Å²) in [5.41, 5.74) is 2.15. The number of benzene rings is 1. The standard InChI is InChI=1S/C12H13O4/c1-8-4-9(2)6-11(5-8)12(14)16-7-15-10(3)13/h5-6H,7H2,1-3H3. The van der Waals surface area contributed by atoms with Crippen molar-refractivity contribution >= 4 is 11.9 Å². The fourth-order valence-electron chi connectivity index (χ4n) is 1.26. The highest BCUT2D eigenvalue weighted by Crippen LogP contribution is 2.09. The Labute approximate surface area is 94.2 Å². The van der Waals surface area contributed by atoms with Crippen molar-refractivity contribution in [2.45, 2.75) is 20.8 Å². The second-order valence-corrected chi connectivity index (χ2v) is 3.42. The van der Waals surface area contributed by atoms with Crippen molar-refractivity contribution < 1.29 is 19.1 Å². The van der Waals surface area contributed by atoms with Crippen molar-refractivity contribution in [1.82, 2.24) is 0 Å². The first-order valence-corrected chi connectivity index (χ1v) is 4.80. The first kappa shape index (κ1) is 12.2. The number of carbonyl (C=O) groups is 2. The molecular weight excluding hydrogens is 208 g/mol. The van der Waals surface area contributed by atoms with E-state index in [2.05, 4.69) is 10.8 Å². The number of esters is 2. The molecule has 0 N–H and O–H groups in total. The fraction of sp³-hybridized carbons (Fsp3) is 0.333. The van der Waals surface area contributed by atoms with Crippen molar-refractivity contribution in [2.75, 3.05) is 6.79 Å². The Hall–Kier alpha value is -1.84. The lowest BCUT2D eigenvalue weighted by Gasteiger charge is -2.05. The summed E-state index contributed by atoms with van der Waals surface area (Å²) in [6.07, 6.45) is 0. The van der Waals surface area contributed by atoms with Crippen LogP contribution in [0.15, 0.2) is 12.1 Å². The molecule has 0 saturated heterocycles. The molecule has 1 aromatic carbocycles. The second-order valence-electron chi connectivity index (χ2n) is 3.42. The van der Waals surface area contributed by atoms with Crippen molar-refractivity contribution in [1.29, 1.82) is 0 Å². The molecule has 16 heavy (non-hydrogen) atoms. The summed E-state index contributed by atoms with van der Waals surface area (Å²) in [4.78, 5) is 22.0. The molecule has 4 heteroatoms. The molecule has 0 atom stereocenters. The highest BCUT2D eigenvalue weighted by atomic mass is 16.7. The van der Waals surface area contributed by atoms with Gasteiger partial charge in [0.25, 0.3) is 0 Å². The van der Waals surface area contributed by atoms with Crippen LogP contribution < -0.4 is 0 Å². The Morgan fingerprint density at radius 3 is 2.25 bits per heavy atom. The van der Waals surface area contributed by atoms with Gasteiger partial charge in [0, 0.05) is 6.92 Å². The molecule has 0 aliphatic rings. The van der Waals surface area contributed by atoms with Crippen LogP contribution in [0.1, 0.15) is 28.4 Å². The molecule has 0 unspecified atom stereocenters. The maximum absolute atomic E-state index is 11.5. The second kappa shape index (κ2) is 5.30. The van der Waals surface area contributed by atoms with E-state index in [0.717, 1.165) is 11.1 Å². The average Bonchev–Trinajstić information content (AvgIpc) is 2.15. The van der Waals surface area contributed by atoms with Crippen LogP contribution in [0.4, 0.5) is 0 Å². The Morgan fingerprint density at radius 2 is 1.75 bits per heavy atom. The van der Waals surface area contributed by atoms with Gasteiger partial charge in [-0.2, -0.15) is 0 Å². The van der Waals surface area contributed by atoms with E-state index in [4.69, 9.17) is 4.74 Å². The van der Waals surface area contributed by atoms with E-state index in [1.54, 1.807) is 12.1 Å². The van der Waals surface area contributed by atoms with Crippen molar-refractivity contribution in [3.05, 3.63) is 34.9 Å². The van der Waals surface area contributed by atoms with Crippen LogP contribution in [0.5, 0.6) is 0 Å². The topological polar surface area (TPSA) is 52.6 Å². The zero-order valence-corrected chi connectivity index (χ0v) is 9.49. The van der Waals surface area contributed by atoms with E-state index >= 15 is 0 Å². The number of aryl methyl sites for hydroxylation is 2. The lowest BCUT2D eigenvalue weighted by atomic mass is 10.1. The van der Waals surface area contributed by atoms with Gasteiger partial charge < -0.3 is 9.47 Å². The zero-order valence-electron chi connectivity index (χ0n) is 9.49. The van der Waals surface area contributed by atoms with Gasteiger partial charge >= 0.3 is 11.9 Å². The summed E-state index contributed by atoms with van der Waals surface area (Å²) < 4.78 is 9.26. The van der Waals surface area contributed by atoms with Crippen LogP contribution in [0.25, 0.3) is 0 Å². The third-order valence-corrected chi connectivity index (χ3v) is 1.83. The molecule has 1 radical (unpaired) electrons. The molecule has 0 fully saturated rings. The summed E-state index contributed by atoms with van der Waals surface area (Å²) in [6, 6.07) is 6.39. The average molecular weight is 221 g/mol. The van der Waals surface area contributed by atoms with Crippen LogP contribution in [-0.4, -0.2) is 18.7 Å². The lowest BCUT2D eigenvalue weighted by molar-refractivity contribution is -0.149. The van der Waals surface area contributed by atoms with Crippen LogP contribution in [0, 0.1) is 19.9 Å². The van der Waals surface area contributed by atoms with E-state index in [0.29, 0.717) is 5.56 Å². The Kier molecular flexibility index (Phi) is 4.05. The molecule has 0 spiro atoms. The molecule has 0 aliphatic carbocycles. The first-order valence-electron chi connectivity index (χ1n) is 4.80. The molecule has 4 nitrogen and oxygen atoms in total. The number of hydrogen-bond donors (Lipinski definition) is 0. The number of carbonyl (C=O) groups excluding carboxylic acids is 2. The molecule has 0 saturated carbocycles. The molecule has 1 rings (SSSR count). The van der Waals surface area contributed by atoms with E-state index < -0.39 is 11.9 Å². The van der Waals surface area contributed by atoms with Crippen molar-refractivity contribution in [3.8, 4) is 0 Å². The predicted molar refractivity (Wildman–Crippen MR) is 56.8 cm³/mol. The summed E-state index contributed by atoms with van der Waals surface area (Å²) in [5, 5.41) is 0. The van der Waals surface area contributed by atoms with Gasteiger partial charge in [-0.3, -0.25) is 4.79 Å². The van der Waals surface area contributed by atoms with E-state index in [9.17, 15) is 9.59 Å². The van der Waals surface area contributed by atoms with Gasteiger partial charge in [0.2, 0.25) is 6.79 Å². The Bertz CT molecular complexity index is 389. The molecular formula is C12H13O4. The summed E-state index contributed by atoms with van der Waals surface area (Å²) in [5.74, 6) is -0.997. The largest absolute Gasteiger partial charge is 0.428 e. The van der Waals surface area contributed by atoms with Crippen LogP contribution in [-0.2, 0) is 14.3 Å². The zero-order chi connectivity index (χ0) is 12.1. The summed E-state index contributed by atoms with van der Waals surface area (Å²) >= 11 is 0. The third kappa shape index (κ3) is 3.73. The van der Waals surface area contributed by atoms with Gasteiger partial charge in [-0.05, 0) is 43.2 Å². The lowest BCUT2D eigenvalue weighted by Crippen LogP contribution is -2.11. The monoisotopic (exact) mass is 221 g/mol. The number of hydrogen-bond acceptors (Lipinski definition) is 4. The highest BCUT2D eigenvalue weighted by molar-refractivity contribution is 5.89. The normalized spacial score (nSPS) is 9.69. The minimum atomic E-state index is -0.513. The van der Waals surface area contributed by atoms with Gasteiger partial charge in [0.15, 0.2) is 0 Å². The number of ether oxygens (including phenoxy) is 2. The van der Waals surface area contributed by atoms with E-state index in [1.165, 1.54) is 6.92 Å². The number of rotatable bonds is 3. The third-order valence-electron chi connectivity index (χ3n) is 1.83. The first-order chi connectivity index (χ1) is 7.49. The molecule has 85 valence electrons. The molecule has 0 aromatic heterocycles. The van der Waals surface area contributed by atoms with Crippen LogP contribution in [0.2, 0.25) is 0 Å². The van der Waals surface area contributed by atoms with Crippen molar-refractivity contribution in [3.63, 3.8) is 0 Å². The van der Waals surface area contributed by atoms with E-state index in [1.807, 2.05) is 13.8 Å². The highest BCUT2D eigenvalue weighted by Gasteiger charge is 2.08. The Balaban J connectivity index is 2.62. The molecule has 0 heterocycles. The molecule has 0 bridgehead atoms. The Morgan fingerprint density at radius 1 is 1.19 bits per heavy atom. The maximum atomic E-state index is 11.5. The van der Waals surface area contributed by atoms with Gasteiger partial charge in [-0.25, -0.2) is 4.79 Å². The maximum Gasteiger partial charge on any atom is 0.341 e. The summed E-state index contributed by atoms with van der Waals surface area (Å²) in [6.45, 7) is 4.58. The SMILES string of the molecule is CC(=O)OCOC(=O)c1cc(C)[c]c(C)c1.